The van der Waals surface area contributed by atoms with Crippen molar-refractivity contribution in [3.63, 3.8) is 0 Å². The normalized spacial score (nSPS) is 19.1. The van der Waals surface area contributed by atoms with Gasteiger partial charge in [-0.15, -0.1) is 22.0 Å². The van der Waals surface area contributed by atoms with Crippen LogP contribution < -0.4 is 5.32 Å². The van der Waals surface area contributed by atoms with Gasteiger partial charge in [-0.2, -0.15) is 0 Å². The highest BCUT2D eigenvalue weighted by molar-refractivity contribution is 7.99. The molecule has 2 aromatic rings. The van der Waals surface area contributed by atoms with Gasteiger partial charge in [-0.05, 0) is 49.4 Å². The Hall–Kier alpha value is -1.37. The monoisotopic (exact) mass is 357 g/mol. The van der Waals surface area contributed by atoms with Crippen LogP contribution in [0, 0.1) is 0 Å². The van der Waals surface area contributed by atoms with E-state index in [4.69, 9.17) is 0 Å². The number of hydrogen-bond acceptors (Lipinski definition) is 5. The Labute approximate surface area is 154 Å². The van der Waals surface area contributed by atoms with E-state index in [-0.39, 0.29) is 0 Å². The van der Waals surface area contributed by atoms with Crippen LogP contribution in [0.5, 0.6) is 0 Å². The first kappa shape index (κ1) is 17.1. The predicted molar refractivity (Wildman–Crippen MR) is 102 cm³/mol. The van der Waals surface area contributed by atoms with Gasteiger partial charge >= 0.3 is 0 Å². The molecule has 134 valence electrons. The molecular formula is C19H27N5S. The van der Waals surface area contributed by atoms with E-state index in [1.165, 1.54) is 29.1 Å². The summed E-state index contributed by atoms with van der Waals surface area (Å²) in [5, 5.41) is 12.3. The summed E-state index contributed by atoms with van der Waals surface area (Å²) in [6.07, 6.45) is 2.38. The topological polar surface area (TPSA) is 46.0 Å². The van der Waals surface area contributed by atoms with E-state index in [0.717, 1.165) is 50.8 Å². The molecule has 0 atom stereocenters. The van der Waals surface area contributed by atoms with E-state index in [2.05, 4.69) is 56.2 Å². The minimum Gasteiger partial charge on any atom is -0.312 e. The Morgan fingerprint density at radius 2 is 2.08 bits per heavy atom. The first-order chi connectivity index (χ1) is 12.3. The van der Waals surface area contributed by atoms with E-state index in [1.807, 2.05) is 11.8 Å². The number of likely N-dealkylation sites (tertiary alicyclic amines) is 1. The highest BCUT2D eigenvalue weighted by atomic mass is 32.2. The van der Waals surface area contributed by atoms with E-state index >= 15 is 0 Å². The first-order valence-electron chi connectivity index (χ1n) is 9.40. The molecule has 0 radical (unpaired) electrons. The van der Waals surface area contributed by atoms with Crippen LogP contribution in [-0.4, -0.2) is 45.1 Å². The lowest BCUT2D eigenvalue weighted by atomic mass is 9.95. The summed E-state index contributed by atoms with van der Waals surface area (Å²) < 4.78 is 2.35. The molecule has 0 amide bonds. The molecule has 1 saturated heterocycles. The molecule has 1 aromatic carbocycles. The van der Waals surface area contributed by atoms with Gasteiger partial charge in [0.15, 0.2) is 0 Å². The molecule has 1 fully saturated rings. The van der Waals surface area contributed by atoms with Gasteiger partial charge < -0.3 is 9.88 Å². The zero-order valence-corrected chi connectivity index (χ0v) is 15.8. The zero-order valence-electron chi connectivity index (χ0n) is 14.9. The lowest BCUT2D eigenvalue weighted by molar-refractivity contribution is 0.199. The van der Waals surface area contributed by atoms with Crippen LogP contribution in [0.25, 0.3) is 0 Å². The fraction of sp³-hybridized carbons (Fsp3) is 0.579. The van der Waals surface area contributed by atoms with E-state index in [0.29, 0.717) is 5.92 Å². The highest BCUT2D eigenvalue weighted by Gasteiger charge is 2.26. The lowest BCUT2D eigenvalue weighted by Gasteiger charge is -2.32. The third-order valence-electron chi connectivity index (χ3n) is 5.22. The Morgan fingerprint density at radius 3 is 2.92 bits per heavy atom. The maximum atomic E-state index is 4.51. The number of thioether (sulfide) groups is 1. The largest absolute Gasteiger partial charge is 0.312 e. The molecule has 2 aliphatic rings. The summed E-state index contributed by atoms with van der Waals surface area (Å²) in [4.78, 5) is 3.97. The number of hydrogen-bond donors (Lipinski definition) is 1. The molecule has 1 aromatic heterocycles. The molecule has 5 nitrogen and oxygen atoms in total. The lowest BCUT2D eigenvalue weighted by Crippen LogP contribution is -2.34. The second-order valence-electron chi connectivity index (χ2n) is 6.93. The van der Waals surface area contributed by atoms with Gasteiger partial charge in [0, 0.05) is 30.4 Å². The number of aromatic nitrogens is 3. The van der Waals surface area contributed by atoms with Gasteiger partial charge in [-0.1, -0.05) is 19.1 Å². The van der Waals surface area contributed by atoms with Crippen molar-refractivity contribution < 1.29 is 0 Å². The smallest absolute Gasteiger partial charge is 0.147 e. The number of nitrogens with one attached hydrogen (secondary N) is 1. The number of nitrogens with zero attached hydrogens (tertiary/aromatic N) is 4. The van der Waals surface area contributed by atoms with Gasteiger partial charge in [0.25, 0.3) is 0 Å². The molecule has 0 spiro atoms. The van der Waals surface area contributed by atoms with E-state index in [9.17, 15) is 0 Å². The molecule has 1 N–H and O–H groups in total. The van der Waals surface area contributed by atoms with Crippen molar-refractivity contribution in [2.24, 2.45) is 0 Å². The van der Waals surface area contributed by atoms with Crippen molar-refractivity contribution in [1.82, 2.24) is 25.0 Å². The first-order valence-corrected chi connectivity index (χ1v) is 10.4. The Kier molecular flexibility index (Phi) is 5.39. The number of piperidine rings is 1. The second kappa shape index (κ2) is 7.89. The zero-order chi connectivity index (χ0) is 17.1. The van der Waals surface area contributed by atoms with E-state index < -0.39 is 0 Å². The average Bonchev–Trinajstić information content (AvgIpc) is 3.07. The van der Waals surface area contributed by atoms with Crippen LogP contribution in [0.15, 0.2) is 29.2 Å². The van der Waals surface area contributed by atoms with Crippen LogP contribution in [0.2, 0.25) is 0 Å². The highest BCUT2D eigenvalue weighted by Crippen LogP contribution is 2.29. The SMILES string of the molecule is CCSc1cccc(CN2CCC(c3nnc4n3CCNC4)CC2)c1. The van der Waals surface area contributed by atoms with Crippen LogP contribution >= 0.6 is 11.8 Å². The Balaban J connectivity index is 1.35. The minimum absolute atomic E-state index is 0.567. The maximum absolute atomic E-state index is 4.51. The Bertz CT molecular complexity index is 706. The second-order valence-corrected chi connectivity index (χ2v) is 8.27. The fourth-order valence-electron chi connectivity index (χ4n) is 3.92. The Morgan fingerprint density at radius 1 is 1.20 bits per heavy atom. The molecule has 6 heteroatoms. The molecular weight excluding hydrogens is 330 g/mol. The van der Waals surface area contributed by atoms with Crippen LogP contribution in [0.1, 0.15) is 42.9 Å². The van der Waals surface area contributed by atoms with Crippen LogP contribution in [-0.2, 0) is 19.6 Å². The third kappa shape index (κ3) is 3.91. The molecule has 4 rings (SSSR count). The van der Waals surface area contributed by atoms with E-state index in [1.54, 1.807) is 0 Å². The minimum atomic E-state index is 0.567. The summed E-state index contributed by atoms with van der Waals surface area (Å²) in [5.41, 5.74) is 1.43. The molecule has 25 heavy (non-hydrogen) atoms. The summed E-state index contributed by atoms with van der Waals surface area (Å²) in [5.74, 6) is 4.02. The molecule has 0 bridgehead atoms. The summed E-state index contributed by atoms with van der Waals surface area (Å²) >= 11 is 1.92. The van der Waals surface area contributed by atoms with Gasteiger partial charge in [0.05, 0.1) is 6.54 Å². The fourth-order valence-corrected chi connectivity index (χ4v) is 4.67. The number of rotatable bonds is 5. The van der Waals surface area contributed by atoms with Gasteiger partial charge in [0.1, 0.15) is 11.6 Å². The van der Waals surface area contributed by atoms with Crippen molar-refractivity contribution in [3.8, 4) is 0 Å². The molecule has 0 unspecified atom stereocenters. The van der Waals surface area contributed by atoms with Gasteiger partial charge in [-0.25, -0.2) is 0 Å². The summed E-state index contributed by atoms with van der Waals surface area (Å²) in [6, 6.07) is 9.01. The standard InChI is InChI=1S/C19H27N5S/c1-2-25-17-5-3-4-15(12-17)14-23-9-6-16(7-10-23)19-22-21-18-13-20-8-11-24(18)19/h3-5,12,16,20H,2,6-11,13-14H2,1H3. The quantitative estimate of drug-likeness (QED) is 0.834. The van der Waals surface area contributed by atoms with Gasteiger partial charge in [0.2, 0.25) is 0 Å². The van der Waals surface area contributed by atoms with Crippen molar-refractivity contribution >= 4 is 11.8 Å². The molecule has 3 heterocycles. The van der Waals surface area contributed by atoms with Crippen LogP contribution in [0.3, 0.4) is 0 Å². The van der Waals surface area contributed by atoms with Crippen molar-refractivity contribution in [2.45, 2.75) is 50.2 Å². The predicted octanol–water partition coefficient (Wildman–Crippen LogP) is 2.87. The summed E-state index contributed by atoms with van der Waals surface area (Å²) in [6.45, 7) is 8.47. The van der Waals surface area contributed by atoms with Gasteiger partial charge in [-0.3, -0.25) is 4.90 Å². The van der Waals surface area contributed by atoms with Crippen LogP contribution in [0.4, 0.5) is 0 Å². The third-order valence-corrected chi connectivity index (χ3v) is 6.10. The average molecular weight is 358 g/mol. The molecule has 0 aliphatic carbocycles. The molecule has 0 saturated carbocycles. The van der Waals surface area contributed by atoms with Crippen molar-refractivity contribution in [3.05, 3.63) is 41.5 Å². The maximum Gasteiger partial charge on any atom is 0.147 e. The van der Waals surface area contributed by atoms with Crippen molar-refractivity contribution in [2.75, 3.05) is 25.4 Å². The van der Waals surface area contributed by atoms with Crippen molar-refractivity contribution in [1.29, 1.82) is 0 Å². The molecule has 2 aliphatic heterocycles. The number of fused-ring (bicyclic) bond motifs is 1. The number of benzene rings is 1. The summed E-state index contributed by atoms with van der Waals surface area (Å²) in [7, 11) is 0.